The van der Waals surface area contributed by atoms with Gasteiger partial charge in [0.2, 0.25) is 0 Å². The number of aliphatic hydroxyl groups excluding tert-OH is 1. The fraction of sp³-hybridized carbons (Fsp3) is 0.667. The van der Waals surface area contributed by atoms with Crippen LogP contribution in [0.2, 0.25) is 0 Å². The Balaban J connectivity index is 1.91. The molecule has 1 aliphatic rings. The molecule has 0 saturated heterocycles. The molecule has 0 radical (unpaired) electrons. The number of amides is 2. The van der Waals surface area contributed by atoms with Crippen molar-refractivity contribution in [1.82, 2.24) is 10.3 Å². The van der Waals surface area contributed by atoms with Crippen LogP contribution in [0.3, 0.4) is 0 Å². The smallest absolute Gasteiger partial charge is 0.321 e. The topological polar surface area (TPSA) is 74.2 Å². The molecule has 0 aromatic carbocycles. The van der Waals surface area contributed by atoms with Gasteiger partial charge in [-0.2, -0.15) is 0 Å². The third-order valence-electron chi connectivity index (χ3n) is 3.33. The predicted molar refractivity (Wildman–Crippen MR) is 71.9 cm³/mol. The number of urea groups is 1. The lowest BCUT2D eigenvalue weighted by Crippen LogP contribution is -2.52. The number of rotatable bonds is 5. The van der Waals surface area contributed by atoms with E-state index in [2.05, 4.69) is 15.6 Å². The van der Waals surface area contributed by atoms with Crippen LogP contribution in [0.5, 0.6) is 0 Å². The maximum absolute atomic E-state index is 11.9. The molecule has 1 aromatic heterocycles. The number of carbonyl (C=O) groups excluding carboxylic acids is 1. The molecule has 1 heterocycles. The van der Waals surface area contributed by atoms with Gasteiger partial charge in [-0.3, -0.25) is 5.32 Å². The Hall–Kier alpha value is -1.14. The first-order valence-corrected chi connectivity index (χ1v) is 7.03. The van der Waals surface area contributed by atoms with Gasteiger partial charge >= 0.3 is 6.03 Å². The molecule has 2 amide bonds. The molecule has 0 spiro atoms. The summed E-state index contributed by atoms with van der Waals surface area (Å²) in [6.07, 6.45) is 4.81. The van der Waals surface area contributed by atoms with E-state index in [1.165, 1.54) is 11.3 Å². The van der Waals surface area contributed by atoms with Crippen molar-refractivity contribution in [2.24, 2.45) is 5.92 Å². The van der Waals surface area contributed by atoms with Crippen LogP contribution >= 0.6 is 11.3 Å². The second-order valence-corrected chi connectivity index (χ2v) is 6.03. The molecular formula is C12H19N3O2S. The largest absolute Gasteiger partial charge is 0.394 e. The van der Waals surface area contributed by atoms with Crippen LogP contribution in [-0.4, -0.2) is 28.3 Å². The van der Waals surface area contributed by atoms with E-state index in [0.29, 0.717) is 11.0 Å². The van der Waals surface area contributed by atoms with Crippen LogP contribution in [0.4, 0.5) is 9.93 Å². The zero-order chi connectivity index (χ0) is 13.2. The van der Waals surface area contributed by atoms with E-state index < -0.39 is 5.54 Å². The molecular weight excluding hydrogens is 250 g/mol. The number of aliphatic hydroxyl groups is 1. The van der Waals surface area contributed by atoms with Crippen LogP contribution in [0, 0.1) is 5.92 Å². The van der Waals surface area contributed by atoms with E-state index in [-0.39, 0.29) is 12.6 Å². The molecule has 1 unspecified atom stereocenters. The molecule has 3 N–H and O–H groups in total. The van der Waals surface area contributed by atoms with Crippen LogP contribution in [0.1, 0.15) is 31.6 Å². The van der Waals surface area contributed by atoms with Gasteiger partial charge in [0.05, 0.1) is 12.1 Å². The minimum Gasteiger partial charge on any atom is -0.394 e. The van der Waals surface area contributed by atoms with Gasteiger partial charge in [-0.05, 0) is 32.1 Å². The lowest BCUT2D eigenvalue weighted by molar-refractivity contribution is 0.159. The summed E-state index contributed by atoms with van der Waals surface area (Å²) in [5.41, 5.74) is -0.519. The highest BCUT2D eigenvalue weighted by Gasteiger charge is 2.42. The standard InChI is InChI=1S/C12H19N3O2S/c1-3-9-6-13-11(18-9)14-10(17)15-12(2,7-16)8-4-5-8/h6,8,16H,3-5,7H2,1-2H3,(H2,13,14,15,17). The predicted octanol–water partition coefficient (Wildman–Crippen LogP) is 1.99. The van der Waals surface area contributed by atoms with Gasteiger partial charge in [0.25, 0.3) is 0 Å². The highest BCUT2D eigenvalue weighted by Crippen LogP contribution is 2.39. The summed E-state index contributed by atoms with van der Waals surface area (Å²) in [5, 5.41) is 15.6. The molecule has 2 rings (SSSR count). The van der Waals surface area contributed by atoms with Gasteiger partial charge in [0.15, 0.2) is 5.13 Å². The third-order valence-corrected chi connectivity index (χ3v) is 4.39. The van der Waals surface area contributed by atoms with Crippen molar-refractivity contribution in [1.29, 1.82) is 0 Å². The second-order valence-electron chi connectivity index (χ2n) is 4.91. The van der Waals surface area contributed by atoms with Crippen molar-refractivity contribution in [3.05, 3.63) is 11.1 Å². The number of hydrogen-bond acceptors (Lipinski definition) is 4. The SMILES string of the molecule is CCc1cnc(NC(=O)NC(C)(CO)C2CC2)s1. The Kier molecular flexibility index (Phi) is 3.87. The molecule has 6 heteroatoms. The highest BCUT2D eigenvalue weighted by molar-refractivity contribution is 7.15. The minimum absolute atomic E-state index is 0.0385. The summed E-state index contributed by atoms with van der Waals surface area (Å²) in [6.45, 7) is 3.89. The van der Waals surface area contributed by atoms with E-state index >= 15 is 0 Å². The summed E-state index contributed by atoms with van der Waals surface area (Å²) in [4.78, 5) is 17.1. The van der Waals surface area contributed by atoms with E-state index in [1.807, 2.05) is 13.8 Å². The maximum Gasteiger partial charge on any atom is 0.321 e. The van der Waals surface area contributed by atoms with Crippen LogP contribution in [0.15, 0.2) is 6.20 Å². The summed E-state index contributed by atoms with van der Waals surface area (Å²) in [6, 6.07) is -0.296. The molecule has 5 nitrogen and oxygen atoms in total. The third kappa shape index (κ3) is 3.00. The van der Waals surface area contributed by atoms with Crippen molar-refractivity contribution in [3.8, 4) is 0 Å². The first-order valence-electron chi connectivity index (χ1n) is 6.22. The number of carbonyl (C=O) groups is 1. The zero-order valence-corrected chi connectivity index (χ0v) is 11.5. The molecule has 1 atom stereocenters. The monoisotopic (exact) mass is 269 g/mol. The summed E-state index contributed by atoms with van der Waals surface area (Å²) >= 11 is 1.47. The molecule has 18 heavy (non-hydrogen) atoms. The van der Waals surface area contributed by atoms with Crippen molar-refractivity contribution in [2.75, 3.05) is 11.9 Å². The van der Waals surface area contributed by atoms with Crippen molar-refractivity contribution >= 4 is 22.5 Å². The molecule has 0 bridgehead atoms. The summed E-state index contributed by atoms with van der Waals surface area (Å²) in [5.74, 6) is 0.385. The highest BCUT2D eigenvalue weighted by atomic mass is 32.1. The Morgan fingerprint density at radius 1 is 1.67 bits per heavy atom. The van der Waals surface area contributed by atoms with Gasteiger partial charge in [0.1, 0.15) is 0 Å². The first kappa shape index (κ1) is 13.3. The lowest BCUT2D eigenvalue weighted by Gasteiger charge is -2.28. The Morgan fingerprint density at radius 2 is 2.39 bits per heavy atom. The normalized spacial score (nSPS) is 18.2. The first-order chi connectivity index (χ1) is 8.57. The van der Waals surface area contributed by atoms with Crippen molar-refractivity contribution in [3.63, 3.8) is 0 Å². The number of anilines is 1. The number of thiazole rings is 1. The van der Waals surface area contributed by atoms with Crippen LogP contribution < -0.4 is 10.6 Å². The van der Waals surface area contributed by atoms with Gasteiger partial charge in [-0.25, -0.2) is 9.78 Å². The van der Waals surface area contributed by atoms with Crippen LogP contribution in [-0.2, 0) is 6.42 Å². The Labute approximate surface area is 111 Å². The Bertz CT molecular complexity index is 431. The van der Waals surface area contributed by atoms with E-state index in [4.69, 9.17) is 0 Å². The summed E-state index contributed by atoms with van der Waals surface area (Å²) in [7, 11) is 0. The maximum atomic E-state index is 11.9. The zero-order valence-electron chi connectivity index (χ0n) is 10.7. The second kappa shape index (κ2) is 5.24. The van der Waals surface area contributed by atoms with Gasteiger partial charge < -0.3 is 10.4 Å². The Morgan fingerprint density at radius 3 is 2.89 bits per heavy atom. The fourth-order valence-corrected chi connectivity index (χ4v) is 2.65. The molecule has 1 saturated carbocycles. The number of nitrogens with zero attached hydrogens (tertiary/aromatic N) is 1. The van der Waals surface area contributed by atoms with Crippen LogP contribution in [0.25, 0.3) is 0 Å². The van der Waals surface area contributed by atoms with Crippen molar-refractivity contribution < 1.29 is 9.90 Å². The summed E-state index contributed by atoms with van der Waals surface area (Å²) < 4.78 is 0. The quantitative estimate of drug-likeness (QED) is 0.765. The molecule has 0 aliphatic heterocycles. The van der Waals surface area contributed by atoms with Crippen molar-refractivity contribution in [2.45, 2.75) is 38.6 Å². The van der Waals surface area contributed by atoms with Gasteiger partial charge in [-0.15, -0.1) is 11.3 Å². The van der Waals surface area contributed by atoms with Gasteiger partial charge in [-0.1, -0.05) is 6.92 Å². The lowest BCUT2D eigenvalue weighted by atomic mass is 9.97. The van der Waals surface area contributed by atoms with E-state index in [1.54, 1.807) is 6.20 Å². The molecule has 100 valence electrons. The average molecular weight is 269 g/mol. The van der Waals surface area contributed by atoms with E-state index in [0.717, 1.165) is 24.1 Å². The number of hydrogen-bond donors (Lipinski definition) is 3. The number of aryl methyl sites for hydroxylation is 1. The minimum atomic E-state index is -0.519. The number of aromatic nitrogens is 1. The average Bonchev–Trinajstić information content (AvgIpc) is 3.11. The molecule has 1 aliphatic carbocycles. The van der Waals surface area contributed by atoms with Gasteiger partial charge in [0, 0.05) is 11.1 Å². The van der Waals surface area contributed by atoms with E-state index in [9.17, 15) is 9.90 Å². The fourth-order valence-electron chi connectivity index (χ4n) is 1.91. The number of nitrogens with one attached hydrogen (secondary N) is 2. The molecule has 1 aromatic rings. The molecule has 1 fully saturated rings.